The Morgan fingerprint density at radius 2 is 2.25 bits per heavy atom. The first-order chi connectivity index (χ1) is 3.27. The Labute approximate surface area is 55.0 Å². The number of halogens is 1. The average Bonchev–Trinajstić information content (AvgIpc) is 1.61. The summed E-state index contributed by atoms with van der Waals surface area (Å²) in [6.45, 7) is 2.64. The van der Waals surface area contributed by atoms with Gasteiger partial charge in [0.25, 0.3) is 0 Å². The fourth-order valence-electron chi connectivity index (χ4n) is 0.248. The number of hydrogen-bond acceptors (Lipinski definition) is 1. The van der Waals surface area contributed by atoms with Crippen LogP contribution < -0.4 is 11.1 Å². The van der Waals surface area contributed by atoms with Gasteiger partial charge in [0.05, 0.1) is 0 Å². The van der Waals surface area contributed by atoms with E-state index in [9.17, 15) is 4.79 Å². The number of primary amides is 1. The molecule has 0 unspecified atom stereocenters. The zero-order chi connectivity index (χ0) is 5.70. The minimum atomic E-state index is -0.443. The second-order valence-electron chi connectivity index (χ2n) is 1.29. The fraction of sp³-hybridized carbons (Fsp3) is 0.750. The lowest BCUT2D eigenvalue weighted by atomic mass is 10.5. The van der Waals surface area contributed by atoms with E-state index in [1.54, 1.807) is 0 Å². The van der Waals surface area contributed by atoms with E-state index in [0.29, 0.717) is 6.54 Å². The molecule has 0 aromatic heterocycles. The molecule has 0 aliphatic carbocycles. The second kappa shape index (κ2) is 6.56. The first-order valence-corrected chi connectivity index (χ1v) is 2.30. The maximum atomic E-state index is 9.87. The molecule has 0 aromatic rings. The molecule has 0 fully saturated rings. The Morgan fingerprint density at radius 1 is 1.75 bits per heavy atom. The molecule has 0 aromatic carbocycles. The zero-order valence-corrected chi connectivity index (χ0v) is 5.62. The molecule has 0 aliphatic rings. The minimum Gasteiger partial charge on any atom is -0.352 e. The van der Waals surface area contributed by atoms with Crippen molar-refractivity contribution in [2.75, 3.05) is 6.54 Å². The van der Waals surface area contributed by atoms with E-state index in [1.807, 2.05) is 6.92 Å². The summed E-state index contributed by atoms with van der Waals surface area (Å²) in [5.74, 6) is 0. The van der Waals surface area contributed by atoms with E-state index in [4.69, 9.17) is 5.73 Å². The number of carbonyl (C=O) groups is 1. The molecule has 0 heterocycles. The molecule has 0 spiro atoms. The summed E-state index contributed by atoms with van der Waals surface area (Å²) >= 11 is 0. The molecule has 4 heteroatoms. The Balaban J connectivity index is 0. The van der Waals surface area contributed by atoms with Gasteiger partial charge in [-0.05, 0) is 6.42 Å². The van der Waals surface area contributed by atoms with Crippen LogP contribution in [0, 0.1) is 0 Å². The van der Waals surface area contributed by atoms with E-state index < -0.39 is 6.03 Å². The second-order valence-corrected chi connectivity index (χ2v) is 1.29. The summed E-state index contributed by atoms with van der Waals surface area (Å²) in [4.78, 5) is 9.87. The van der Waals surface area contributed by atoms with Gasteiger partial charge in [0.15, 0.2) is 0 Å². The van der Waals surface area contributed by atoms with Crippen LogP contribution in [0.5, 0.6) is 0 Å². The van der Waals surface area contributed by atoms with E-state index in [1.165, 1.54) is 0 Å². The zero-order valence-electron chi connectivity index (χ0n) is 4.81. The largest absolute Gasteiger partial charge is 0.352 e. The van der Waals surface area contributed by atoms with Gasteiger partial charge in [-0.15, -0.1) is 12.4 Å². The summed E-state index contributed by atoms with van der Waals surface area (Å²) in [6, 6.07) is -0.443. The lowest BCUT2D eigenvalue weighted by molar-refractivity contribution is 0.249. The Morgan fingerprint density at radius 3 is 2.38 bits per heavy atom. The monoisotopic (exact) mass is 138 g/mol. The van der Waals surface area contributed by atoms with Gasteiger partial charge >= 0.3 is 6.03 Å². The van der Waals surface area contributed by atoms with Gasteiger partial charge in [-0.1, -0.05) is 6.92 Å². The number of nitrogens with two attached hydrogens (primary N) is 1. The van der Waals surface area contributed by atoms with Crippen molar-refractivity contribution in [1.82, 2.24) is 5.32 Å². The minimum absolute atomic E-state index is 0. The third-order valence-corrected chi connectivity index (χ3v) is 0.549. The van der Waals surface area contributed by atoms with Crippen LogP contribution in [0.1, 0.15) is 13.3 Å². The number of urea groups is 1. The van der Waals surface area contributed by atoms with Crippen LogP contribution in [0.15, 0.2) is 0 Å². The Kier molecular flexibility index (Phi) is 8.63. The van der Waals surface area contributed by atoms with E-state index in [2.05, 4.69) is 5.32 Å². The quantitative estimate of drug-likeness (QED) is 0.573. The molecule has 0 radical (unpaired) electrons. The third kappa shape index (κ3) is 9.12. The number of amides is 2. The number of hydrogen-bond donors (Lipinski definition) is 2. The first-order valence-electron chi connectivity index (χ1n) is 2.30. The highest BCUT2D eigenvalue weighted by molar-refractivity contribution is 5.85. The van der Waals surface area contributed by atoms with Crippen LogP contribution in [-0.4, -0.2) is 12.6 Å². The normalized spacial score (nSPS) is 7.12. The number of nitrogens with one attached hydrogen (secondary N) is 1. The first kappa shape index (κ1) is 10.5. The molecular formula is C4H11ClN2O. The molecule has 3 N–H and O–H groups in total. The van der Waals surface area contributed by atoms with Crippen LogP contribution in [0.25, 0.3) is 0 Å². The van der Waals surface area contributed by atoms with Gasteiger partial charge in [-0.2, -0.15) is 0 Å². The van der Waals surface area contributed by atoms with Gasteiger partial charge in [0, 0.05) is 6.54 Å². The van der Waals surface area contributed by atoms with Crippen LogP contribution in [-0.2, 0) is 0 Å². The third-order valence-electron chi connectivity index (χ3n) is 0.549. The molecule has 2 amide bonds. The van der Waals surface area contributed by atoms with Crippen LogP contribution in [0.2, 0.25) is 0 Å². The standard InChI is InChI=1S/C4H10N2O.ClH/c1-2-3-6-4(5)7;/h2-3H2,1H3,(H3,5,6,7);1H. The summed E-state index contributed by atoms with van der Waals surface area (Å²) < 4.78 is 0. The van der Waals surface area contributed by atoms with E-state index in [-0.39, 0.29) is 12.4 Å². The van der Waals surface area contributed by atoms with Gasteiger partial charge in [-0.3, -0.25) is 0 Å². The predicted molar refractivity (Wildman–Crippen MR) is 35.1 cm³/mol. The van der Waals surface area contributed by atoms with Gasteiger partial charge in [-0.25, -0.2) is 4.79 Å². The molecular weight excluding hydrogens is 128 g/mol. The van der Waals surface area contributed by atoms with Gasteiger partial charge < -0.3 is 11.1 Å². The van der Waals surface area contributed by atoms with Crippen molar-refractivity contribution in [3.05, 3.63) is 0 Å². The van der Waals surface area contributed by atoms with E-state index in [0.717, 1.165) is 6.42 Å². The highest BCUT2D eigenvalue weighted by Gasteiger charge is 1.83. The lowest BCUT2D eigenvalue weighted by Gasteiger charge is -1.93. The van der Waals surface area contributed by atoms with Crippen molar-refractivity contribution in [2.24, 2.45) is 5.73 Å². The molecule has 0 rings (SSSR count). The Hall–Kier alpha value is -0.440. The SMILES string of the molecule is CCCNC(N)=O.Cl. The lowest BCUT2D eigenvalue weighted by Crippen LogP contribution is -2.29. The van der Waals surface area contributed by atoms with E-state index >= 15 is 0 Å². The Bertz CT molecular complexity index is 67.1. The summed E-state index contributed by atoms with van der Waals surface area (Å²) in [7, 11) is 0. The van der Waals surface area contributed by atoms with Crippen molar-refractivity contribution in [1.29, 1.82) is 0 Å². The summed E-state index contributed by atoms with van der Waals surface area (Å²) in [6.07, 6.45) is 0.933. The topological polar surface area (TPSA) is 55.1 Å². The van der Waals surface area contributed by atoms with Crippen molar-refractivity contribution in [3.63, 3.8) is 0 Å². The highest BCUT2D eigenvalue weighted by Crippen LogP contribution is 1.66. The van der Waals surface area contributed by atoms with Crippen molar-refractivity contribution >= 4 is 18.4 Å². The van der Waals surface area contributed by atoms with Crippen molar-refractivity contribution in [2.45, 2.75) is 13.3 Å². The number of carbonyl (C=O) groups excluding carboxylic acids is 1. The summed E-state index contributed by atoms with van der Waals surface area (Å²) in [5, 5.41) is 2.43. The van der Waals surface area contributed by atoms with Crippen LogP contribution >= 0.6 is 12.4 Å². The highest BCUT2D eigenvalue weighted by atomic mass is 35.5. The number of rotatable bonds is 2. The molecule has 0 saturated carbocycles. The fourth-order valence-corrected chi connectivity index (χ4v) is 0.248. The van der Waals surface area contributed by atoms with Crippen LogP contribution in [0.3, 0.4) is 0 Å². The molecule has 0 atom stereocenters. The summed E-state index contributed by atoms with van der Waals surface area (Å²) in [5.41, 5.74) is 4.73. The predicted octanol–water partition coefficient (Wildman–Crippen LogP) is 0.487. The van der Waals surface area contributed by atoms with Gasteiger partial charge in [0.2, 0.25) is 0 Å². The maximum Gasteiger partial charge on any atom is 0.312 e. The molecule has 0 bridgehead atoms. The molecule has 50 valence electrons. The average molecular weight is 139 g/mol. The van der Waals surface area contributed by atoms with Crippen molar-refractivity contribution < 1.29 is 4.79 Å². The molecule has 0 aliphatic heterocycles. The maximum absolute atomic E-state index is 9.87. The van der Waals surface area contributed by atoms with Crippen LogP contribution in [0.4, 0.5) is 4.79 Å². The smallest absolute Gasteiger partial charge is 0.312 e. The molecule has 8 heavy (non-hydrogen) atoms. The molecule has 3 nitrogen and oxygen atoms in total. The molecule has 0 saturated heterocycles. The van der Waals surface area contributed by atoms with Gasteiger partial charge in [0.1, 0.15) is 0 Å². The van der Waals surface area contributed by atoms with Crippen molar-refractivity contribution in [3.8, 4) is 0 Å².